The lowest BCUT2D eigenvalue weighted by molar-refractivity contribution is -0.145. The van der Waals surface area contributed by atoms with Crippen molar-refractivity contribution in [3.63, 3.8) is 0 Å². The lowest BCUT2D eigenvalue weighted by atomic mass is 10.0. The average Bonchev–Trinajstić information content (AvgIpc) is 2.55. The molecule has 2 rings (SSSR count). The quantitative estimate of drug-likeness (QED) is 0.842. The Balaban J connectivity index is 2.07. The number of rotatable bonds is 7. The van der Waals surface area contributed by atoms with Crippen molar-refractivity contribution in [2.24, 2.45) is 0 Å². The van der Waals surface area contributed by atoms with E-state index in [0.29, 0.717) is 18.1 Å². The molecule has 0 radical (unpaired) electrons. The van der Waals surface area contributed by atoms with Gasteiger partial charge in [0.05, 0.1) is 7.11 Å². The van der Waals surface area contributed by atoms with Gasteiger partial charge in [0.15, 0.2) is 6.10 Å². The molecule has 122 valence electrons. The van der Waals surface area contributed by atoms with Crippen LogP contribution in [-0.4, -0.2) is 24.3 Å². The molecule has 1 atom stereocenters. The second-order valence-corrected chi connectivity index (χ2v) is 5.72. The maximum Gasteiger partial charge on any atom is 0.345 e. The predicted octanol–water partition coefficient (Wildman–Crippen LogP) is 3.89. The van der Waals surface area contributed by atoms with Crippen LogP contribution in [0.2, 0.25) is 0 Å². The molecule has 0 spiro atoms. The fourth-order valence-electron chi connectivity index (χ4n) is 2.25. The van der Waals surface area contributed by atoms with E-state index in [2.05, 4.69) is 13.8 Å². The van der Waals surface area contributed by atoms with Gasteiger partial charge in [-0.05, 0) is 41.3 Å². The highest BCUT2D eigenvalue weighted by Crippen LogP contribution is 2.21. The van der Waals surface area contributed by atoms with E-state index >= 15 is 0 Å². The molecule has 2 aromatic carbocycles. The number of methoxy groups -OCH3 is 1. The Bertz CT molecular complexity index is 629. The largest absolute Gasteiger partial charge is 0.497 e. The molecule has 1 N–H and O–H groups in total. The van der Waals surface area contributed by atoms with Gasteiger partial charge in [-0.3, -0.25) is 0 Å². The van der Waals surface area contributed by atoms with Crippen molar-refractivity contribution < 1.29 is 19.4 Å². The van der Waals surface area contributed by atoms with E-state index in [9.17, 15) is 9.90 Å². The van der Waals surface area contributed by atoms with Crippen molar-refractivity contribution in [3.05, 3.63) is 59.7 Å². The second kappa shape index (κ2) is 7.68. The maximum absolute atomic E-state index is 11.5. The van der Waals surface area contributed by atoms with Gasteiger partial charge in [-0.2, -0.15) is 0 Å². The summed E-state index contributed by atoms with van der Waals surface area (Å²) in [7, 11) is 1.60. The van der Waals surface area contributed by atoms with E-state index < -0.39 is 12.1 Å². The Hall–Kier alpha value is -2.49. The summed E-state index contributed by atoms with van der Waals surface area (Å²) in [5.41, 5.74) is 2.08. The van der Waals surface area contributed by atoms with E-state index in [1.807, 2.05) is 48.5 Å². The average molecular weight is 314 g/mol. The van der Waals surface area contributed by atoms with Crippen LogP contribution in [0.3, 0.4) is 0 Å². The molecular formula is C19H22O4. The number of hydrogen-bond donors (Lipinski definition) is 1. The minimum atomic E-state index is -0.978. The molecule has 4 nitrogen and oxygen atoms in total. The molecule has 0 aliphatic carbocycles. The first-order chi connectivity index (χ1) is 11.0. The van der Waals surface area contributed by atoms with Crippen LogP contribution in [0.4, 0.5) is 0 Å². The van der Waals surface area contributed by atoms with Crippen LogP contribution >= 0.6 is 0 Å². The first-order valence-corrected chi connectivity index (χ1v) is 7.62. The Morgan fingerprint density at radius 3 is 2.04 bits per heavy atom. The number of carboxylic acids is 1. The third-order valence-electron chi connectivity index (χ3n) is 3.68. The van der Waals surface area contributed by atoms with Crippen LogP contribution in [0.5, 0.6) is 11.5 Å². The van der Waals surface area contributed by atoms with Gasteiger partial charge in [-0.15, -0.1) is 0 Å². The molecular weight excluding hydrogens is 292 g/mol. The zero-order valence-corrected chi connectivity index (χ0v) is 13.7. The maximum atomic E-state index is 11.5. The van der Waals surface area contributed by atoms with Crippen LogP contribution in [0.25, 0.3) is 0 Å². The molecule has 1 unspecified atom stereocenters. The molecule has 0 aliphatic heterocycles. The number of carboxylic acid groups (broad SMARTS) is 1. The lowest BCUT2D eigenvalue weighted by Gasteiger charge is -2.16. The Kier molecular flexibility index (Phi) is 5.63. The normalized spacial score (nSPS) is 12.0. The summed E-state index contributed by atoms with van der Waals surface area (Å²) >= 11 is 0. The third-order valence-corrected chi connectivity index (χ3v) is 3.68. The third kappa shape index (κ3) is 4.74. The zero-order chi connectivity index (χ0) is 16.8. The Labute approximate surface area is 136 Å². The van der Waals surface area contributed by atoms with Gasteiger partial charge in [0, 0.05) is 6.42 Å². The van der Waals surface area contributed by atoms with Crippen LogP contribution < -0.4 is 9.47 Å². The van der Waals surface area contributed by atoms with Crippen molar-refractivity contribution >= 4 is 5.97 Å². The molecule has 0 aromatic heterocycles. The van der Waals surface area contributed by atoms with Gasteiger partial charge in [0.1, 0.15) is 11.5 Å². The molecule has 0 saturated heterocycles. The molecule has 0 aliphatic rings. The predicted molar refractivity (Wildman–Crippen MR) is 89.3 cm³/mol. The number of hydrogen-bond acceptors (Lipinski definition) is 3. The summed E-state index contributed by atoms with van der Waals surface area (Å²) in [5, 5.41) is 9.39. The molecule has 0 heterocycles. The van der Waals surface area contributed by atoms with Crippen molar-refractivity contribution in [2.45, 2.75) is 32.3 Å². The lowest BCUT2D eigenvalue weighted by Crippen LogP contribution is -2.29. The Morgan fingerprint density at radius 1 is 1.00 bits per heavy atom. The van der Waals surface area contributed by atoms with Crippen LogP contribution in [-0.2, 0) is 11.2 Å². The van der Waals surface area contributed by atoms with Crippen LogP contribution in [0.15, 0.2) is 48.5 Å². The van der Waals surface area contributed by atoms with Crippen molar-refractivity contribution in [1.29, 1.82) is 0 Å². The first kappa shape index (κ1) is 16.9. The molecule has 23 heavy (non-hydrogen) atoms. The summed E-state index contributed by atoms with van der Waals surface area (Å²) in [6.07, 6.45) is -0.626. The molecule has 4 heteroatoms. The van der Waals surface area contributed by atoms with E-state index in [0.717, 1.165) is 11.3 Å². The number of benzene rings is 2. The summed E-state index contributed by atoms with van der Waals surface area (Å²) in [6.45, 7) is 4.22. The number of ether oxygens (including phenoxy) is 2. The fraction of sp³-hybridized carbons (Fsp3) is 0.316. The van der Waals surface area contributed by atoms with Crippen molar-refractivity contribution in [1.82, 2.24) is 0 Å². The van der Waals surface area contributed by atoms with E-state index in [-0.39, 0.29) is 0 Å². The minimum Gasteiger partial charge on any atom is -0.497 e. The zero-order valence-electron chi connectivity index (χ0n) is 13.7. The summed E-state index contributed by atoms with van der Waals surface area (Å²) in [4.78, 5) is 11.5. The SMILES string of the molecule is COc1ccc(CC(Oc2ccc(C(C)C)cc2)C(=O)O)cc1. The summed E-state index contributed by atoms with van der Waals surface area (Å²) in [5.74, 6) is 0.758. The van der Waals surface area contributed by atoms with Gasteiger partial charge in [-0.1, -0.05) is 38.1 Å². The van der Waals surface area contributed by atoms with E-state index in [1.165, 1.54) is 5.56 Å². The summed E-state index contributed by atoms with van der Waals surface area (Å²) < 4.78 is 10.7. The van der Waals surface area contributed by atoms with Crippen molar-refractivity contribution in [3.8, 4) is 11.5 Å². The highest BCUT2D eigenvalue weighted by atomic mass is 16.5. The minimum absolute atomic E-state index is 0.297. The monoisotopic (exact) mass is 314 g/mol. The van der Waals surface area contributed by atoms with Gasteiger partial charge < -0.3 is 14.6 Å². The van der Waals surface area contributed by atoms with Crippen molar-refractivity contribution in [2.75, 3.05) is 7.11 Å². The molecule has 2 aromatic rings. The van der Waals surface area contributed by atoms with E-state index in [1.54, 1.807) is 7.11 Å². The molecule has 0 fully saturated rings. The van der Waals surface area contributed by atoms with Gasteiger partial charge in [0.2, 0.25) is 0 Å². The molecule has 0 amide bonds. The second-order valence-electron chi connectivity index (χ2n) is 5.72. The molecule has 0 saturated carbocycles. The number of aliphatic carboxylic acids is 1. The molecule has 0 bridgehead atoms. The standard InChI is InChI=1S/C19H22O4/c1-13(2)15-6-10-17(11-7-15)23-18(19(20)21)12-14-4-8-16(22-3)9-5-14/h4-11,13,18H,12H2,1-3H3,(H,20,21). The van der Waals surface area contributed by atoms with Gasteiger partial charge >= 0.3 is 5.97 Å². The van der Waals surface area contributed by atoms with Gasteiger partial charge in [-0.25, -0.2) is 4.79 Å². The van der Waals surface area contributed by atoms with E-state index in [4.69, 9.17) is 9.47 Å². The summed E-state index contributed by atoms with van der Waals surface area (Å²) in [6, 6.07) is 14.9. The highest BCUT2D eigenvalue weighted by Gasteiger charge is 2.20. The number of carbonyl (C=O) groups is 1. The van der Waals surface area contributed by atoms with Gasteiger partial charge in [0.25, 0.3) is 0 Å². The topological polar surface area (TPSA) is 55.8 Å². The van der Waals surface area contributed by atoms with Crippen LogP contribution in [0, 0.1) is 0 Å². The smallest absolute Gasteiger partial charge is 0.345 e. The first-order valence-electron chi connectivity index (χ1n) is 7.62. The van der Waals surface area contributed by atoms with Crippen LogP contribution in [0.1, 0.15) is 30.9 Å². The highest BCUT2D eigenvalue weighted by molar-refractivity contribution is 5.73. The fourth-order valence-corrected chi connectivity index (χ4v) is 2.25. The Morgan fingerprint density at radius 2 is 1.57 bits per heavy atom.